The third-order valence-corrected chi connectivity index (χ3v) is 6.39. The van der Waals surface area contributed by atoms with E-state index in [0.29, 0.717) is 0 Å². The lowest BCUT2D eigenvalue weighted by Gasteiger charge is -2.21. The minimum Gasteiger partial charge on any atom is -0.355 e. The van der Waals surface area contributed by atoms with Crippen molar-refractivity contribution in [3.8, 4) is 11.3 Å². The first-order valence-corrected chi connectivity index (χ1v) is 11.2. The van der Waals surface area contributed by atoms with Crippen LogP contribution in [0.25, 0.3) is 22.2 Å². The third-order valence-electron chi connectivity index (χ3n) is 6.39. The molecule has 1 saturated carbocycles. The number of anilines is 2. The molecule has 152 valence electrons. The van der Waals surface area contributed by atoms with Gasteiger partial charge < -0.3 is 9.88 Å². The molecule has 0 aliphatic heterocycles. The summed E-state index contributed by atoms with van der Waals surface area (Å²) in [7, 11) is 0. The first-order valence-electron chi connectivity index (χ1n) is 11.2. The molecule has 4 aromatic rings. The maximum absolute atomic E-state index is 4.52. The zero-order valence-corrected chi connectivity index (χ0v) is 17.4. The summed E-state index contributed by atoms with van der Waals surface area (Å²) < 4.78 is 2.42. The number of hydrogen-bond acceptors (Lipinski definition) is 2. The Hall–Kier alpha value is -3.07. The van der Waals surface area contributed by atoms with Crippen LogP contribution in [-0.2, 0) is 6.54 Å². The van der Waals surface area contributed by atoms with E-state index in [1.54, 1.807) is 0 Å². The van der Waals surface area contributed by atoms with Crippen molar-refractivity contribution in [1.29, 1.82) is 0 Å². The normalized spacial score (nSPS) is 14.8. The molecule has 0 spiro atoms. The van der Waals surface area contributed by atoms with E-state index in [0.717, 1.165) is 35.1 Å². The lowest BCUT2D eigenvalue weighted by molar-refractivity contribution is 0.325. The van der Waals surface area contributed by atoms with Crippen LogP contribution in [0.2, 0.25) is 0 Å². The highest BCUT2D eigenvalue weighted by atomic mass is 15.0. The van der Waals surface area contributed by atoms with Crippen molar-refractivity contribution in [2.24, 2.45) is 5.92 Å². The Morgan fingerprint density at radius 1 is 0.867 bits per heavy atom. The molecule has 0 amide bonds. The van der Waals surface area contributed by atoms with Crippen molar-refractivity contribution >= 4 is 22.3 Å². The average molecular weight is 396 g/mol. The van der Waals surface area contributed by atoms with Crippen molar-refractivity contribution in [3.05, 3.63) is 79.1 Å². The van der Waals surface area contributed by atoms with E-state index in [1.165, 1.54) is 49.4 Å². The van der Waals surface area contributed by atoms with E-state index in [1.807, 2.05) is 30.5 Å². The van der Waals surface area contributed by atoms with Gasteiger partial charge in [0.1, 0.15) is 0 Å². The maximum Gasteiger partial charge on any atom is 0.0722 e. The summed E-state index contributed by atoms with van der Waals surface area (Å²) in [5, 5.41) is 4.84. The van der Waals surface area contributed by atoms with Gasteiger partial charge in [0.25, 0.3) is 0 Å². The van der Waals surface area contributed by atoms with Crippen molar-refractivity contribution < 1.29 is 0 Å². The SMILES string of the molecule is c1ccc(-c2cc(Nc3ccc4c(ccn4CCC4CCCCC4)c3)ccn2)cc1. The van der Waals surface area contributed by atoms with Crippen molar-refractivity contribution in [3.63, 3.8) is 0 Å². The van der Waals surface area contributed by atoms with E-state index in [9.17, 15) is 0 Å². The molecule has 1 N–H and O–H groups in total. The van der Waals surface area contributed by atoms with Crippen LogP contribution in [0.5, 0.6) is 0 Å². The Balaban J connectivity index is 1.30. The van der Waals surface area contributed by atoms with Gasteiger partial charge in [-0.3, -0.25) is 4.98 Å². The first-order chi connectivity index (χ1) is 14.8. The van der Waals surface area contributed by atoms with E-state index in [4.69, 9.17) is 0 Å². The Morgan fingerprint density at radius 2 is 1.70 bits per heavy atom. The standard InChI is InChI=1S/C27H29N3/c1-3-7-21(8-4-1)14-17-30-18-15-23-19-24(11-12-27(23)30)29-25-13-16-28-26(20-25)22-9-5-2-6-10-22/h2,5-6,9-13,15-16,18-21H,1,3-4,7-8,14,17H2,(H,28,29). The minimum atomic E-state index is 0.919. The van der Waals surface area contributed by atoms with Gasteiger partial charge in [-0.05, 0) is 48.7 Å². The molecule has 0 radical (unpaired) electrons. The highest BCUT2D eigenvalue weighted by Gasteiger charge is 2.13. The first kappa shape index (κ1) is 18.9. The largest absolute Gasteiger partial charge is 0.355 e. The second-order valence-corrected chi connectivity index (χ2v) is 8.50. The fourth-order valence-corrected chi connectivity index (χ4v) is 4.71. The third kappa shape index (κ3) is 4.25. The fraction of sp³-hybridized carbons (Fsp3) is 0.296. The Labute approximate surface area is 178 Å². The van der Waals surface area contributed by atoms with Gasteiger partial charge in [-0.1, -0.05) is 62.4 Å². The molecule has 0 saturated heterocycles. The van der Waals surface area contributed by atoms with Crippen LogP contribution in [0.15, 0.2) is 79.1 Å². The molecular weight excluding hydrogens is 366 g/mol. The van der Waals surface area contributed by atoms with Crippen LogP contribution in [-0.4, -0.2) is 9.55 Å². The number of nitrogens with zero attached hydrogens (tertiary/aromatic N) is 2. The van der Waals surface area contributed by atoms with Gasteiger partial charge in [-0.15, -0.1) is 0 Å². The number of nitrogens with one attached hydrogen (secondary N) is 1. The molecule has 2 aromatic carbocycles. The van der Waals surface area contributed by atoms with Crippen molar-refractivity contribution in [2.75, 3.05) is 5.32 Å². The number of pyridine rings is 1. The van der Waals surface area contributed by atoms with Crippen LogP contribution in [0.1, 0.15) is 38.5 Å². The zero-order valence-electron chi connectivity index (χ0n) is 17.4. The van der Waals surface area contributed by atoms with Crippen LogP contribution in [0.3, 0.4) is 0 Å². The van der Waals surface area contributed by atoms with Gasteiger partial charge in [0.15, 0.2) is 0 Å². The molecular formula is C27H29N3. The zero-order chi connectivity index (χ0) is 20.2. The second kappa shape index (κ2) is 8.74. The summed E-state index contributed by atoms with van der Waals surface area (Å²) in [6, 6.07) is 23.3. The minimum absolute atomic E-state index is 0.919. The number of hydrogen-bond donors (Lipinski definition) is 1. The van der Waals surface area contributed by atoms with E-state index >= 15 is 0 Å². The molecule has 0 bridgehead atoms. The predicted molar refractivity (Wildman–Crippen MR) is 126 cm³/mol. The van der Waals surface area contributed by atoms with Gasteiger partial charge >= 0.3 is 0 Å². The van der Waals surface area contributed by atoms with Gasteiger partial charge in [-0.25, -0.2) is 0 Å². The Bertz CT molecular complexity index is 1110. The molecule has 0 atom stereocenters. The highest BCUT2D eigenvalue weighted by molar-refractivity contribution is 5.85. The van der Waals surface area contributed by atoms with Gasteiger partial charge in [0.2, 0.25) is 0 Å². The van der Waals surface area contributed by atoms with Gasteiger partial charge in [0, 0.05) is 46.8 Å². The maximum atomic E-state index is 4.52. The van der Waals surface area contributed by atoms with Gasteiger partial charge in [-0.2, -0.15) is 0 Å². The molecule has 3 heteroatoms. The monoisotopic (exact) mass is 395 g/mol. The molecule has 1 aliphatic carbocycles. The smallest absolute Gasteiger partial charge is 0.0722 e. The highest BCUT2D eigenvalue weighted by Crippen LogP contribution is 2.29. The quantitative estimate of drug-likeness (QED) is 0.368. The average Bonchev–Trinajstić information content (AvgIpc) is 3.21. The molecule has 30 heavy (non-hydrogen) atoms. The summed E-state index contributed by atoms with van der Waals surface area (Å²) in [4.78, 5) is 4.52. The fourth-order valence-electron chi connectivity index (χ4n) is 4.71. The van der Waals surface area contributed by atoms with E-state index in [2.05, 4.69) is 63.5 Å². The summed E-state index contributed by atoms with van der Waals surface area (Å²) in [6.45, 7) is 1.13. The Kier molecular flexibility index (Phi) is 5.52. The molecule has 5 rings (SSSR count). The number of rotatable bonds is 6. The molecule has 2 aromatic heterocycles. The molecule has 2 heterocycles. The molecule has 0 unspecified atom stereocenters. The van der Waals surface area contributed by atoms with Crippen LogP contribution < -0.4 is 5.32 Å². The lowest BCUT2D eigenvalue weighted by atomic mass is 9.87. The van der Waals surface area contributed by atoms with E-state index < -0.39 is 0 Å². The number of benzene rings is 2. The molecule has 1 aliphatic rings. The van der Waals surface area contributed by atoms with Crippen LogP contribution >= 0.6 is 0 Å². The summed E-state index contributed by atoms with van der Waals surface area (Å²) in [5.41, 5.74) is 5.61. The number of fused-ring (bicyclic) bond motifs is 1. The van der Waals surface area contributed by atoms with Crippen molar-refractivity contribution in [1.82, 2.24) is 9.55 Å². The molecule has 1 fully saturated rings. The topological polar surface area (TPSA) is 29.9 Å². The summed E-state index contributed by atoms with van der Waals surface area (Å²) in [5.74, 6) is 0.919. The van der Waals surface area contributed by atoms with Crippen molar-refractivity contribution in [2.45, 2.75) is 45.1 Å². The second-order valence-electron chi connectivity index (χ2n) is 8.50. The number of aryl methyl sites for hydroxylation is 1. The Morgan fingerprint density at radius 3 is 2.57 bits per heavy atom. The molecule has 3 nitrogen and oxygen atoms in total. The number of aromatic nitrogens is 2. The summed E-state index contributed by atoms with van der Waals surface area (Å²) >= 11 is 0. The van der Waals surface area contributed by atoms with Crippen LogP contribution in [0, 0.1) is 5.92 Å². The van der Waals surface area contributed by atoms with Crippen LogP contribution in [0.4, 0.5) is 11.4 Å². The van der Waals surface area contributed by atoms with Gasteiger partial charge in [0.05, 0.1) is 5.69 Å². The summed E-state index contributed by atoms with van der Waals surface area (Å²) in [6.07, 6.45) is 12.5. The predicted octanol–water partition coefficient (Wildman–Crippen LogP) is 7.42. The van der Waals surface area contributed by atoms with E-state index in [-0.39, 0.29) is 0 Å². The lowest BCUT2D eigenvalue weighted by Crippen LogP contribution is -2.09.